The Bertz CT molecular complexity index is 636. The lowest BCUT2D eigenvalue weighted by atomic mass is 10.2. The summed E-state index contributed by atoms with van der Waals surface area (Å²) < 4.78 is 23.3. The number of hydrogen-bond acceptors (Lipinski definition) is 4. The zero-order valence-electron chi connectivity index (χ0n) is 11.0. The number of halogens is 1. The number of unbranched alkanes of at least 4 members (excludes halogenated alkanes) is 1. The second-order valence-electron chi connectivity index (χ2n) is 4.36. The van der Waals surface area contributed by atoms with Gasteiger partial charge in [-0.2, -0.15) is 5.26 Å². The van der Waals surface area contributed by atoms with Gasteiger partial charge in [0.1, 0.15) is 5.75 Å². The zero-order valence-corrected chi connectivity index (χ0v) is 12.6. The first kappa shape index (κ1) is 16.5. The lowest BCUT2D eigenvalue weighted by Gasteiger charge is -2.09. The van der Waals surface area contributed by atoms with Crippen molar-refractivity contribution in [1.82, 2.24) is 0 Å². The van der Waals surface area contributed by atoms with Crippen LogP contribution < -0.4 is 5.32 Å². The van der Waals surface area contributed by atoms with Crippen molar-refractivity contribution in [3.8, 4) is 6.07 Å². The van der Waals surface area contributed by atoms with Gasteiger partial charge >= 0.3 is 0 Å². The van der Waals surface area contributed by atoms with Crippen LogP contribution in [0.5, 0.6) is 0 Å². The second kappa shape index (κ2) is 7.27. The van der Waals surface area contributed by atoms with E-state index in [2.05, 4.69) is 5.32 Å². The molecular weight excluding hydrogens is 300 g/mol. The van der Waals surface area contributed by atoms with Crippen molar-refractivity contribution in [1.29, 1.82) is 5.26 Å². The molecule has 5 nitrogen and oxygen atoms in total. The number of carbonyl (C=O) groups is 1. The van der Waals surface area contributed by atoms with Crippen molar-refractivity contribution in [2.45, 2.75) is 19.8 Å². The summed E-state index contributed by atoms with van der Waals surface area (Å²) in [4.78, 5) is 11.7. The Kier molecular flexibility index (Phi) is 5.99. The highest BCUT2D eigenvalue weighted by Gasteiger charge is 2.17. The predicted octanol–water partition coefficient (Wildman–Crippen LogP) is 2.31. The molecule has 0 saturated carbocycles. The summed E-state index contributed by atoms with van der Waals surface area (Å²) in [5.74, 6) is -1.33. The number of sulfone groups is 1. The molecule has 0 aliphatic carbocycles. The standard InChI is InChI=1S/C13H15ClN2O3S/c1-10-8-11(14)4-5-12(10)16-13(17)9-20(18,19)7-3-2-6-15/h4-5,8H,2-3,7,9H2,1H3,(H,16,17). The van der Waals surface area contributed by atoms with Crippen LogP contribution in [0.3, 0.4) is 0 Å². The molecule has 0 aliphatic rings. The topological polar surface area (TPSA) is 87.0 Å². The van der Waals surface area contributed by atoms with Crippen LogP contribution in [0.4, 0.5) is 5.69 Å². The third-order valence-corrected chi connectivity index (χ3v) is 4.41. The van der Waals surface area contributed by atoms with Crippen molar-refractivity contribution in [2.24, 2.45) is 0 Å². The van der Waals surface area contributed by atoms with E-state index in [0.717, 1.165) is 5.56 Å². The van der Waals surface area contributed by atoms with Crippen LogP contribution in [0.15, 0.2) is 18.2 Å². The molecule has 1 amide bonds. The van der Waals surface area contributed by atoms with E-state index >= 15 is 0 Å². The third kappa shape index (κ3) is 5.59. The fourth-order valence-corrected chi connectivity index (χ4v) is 3.02. The maximum absolute atomic E-state index is 11.7. The van der Waals surface area contributed by atoms with Crippen molar-refractivity contribution in [3.05, 3.63) is 28.8 Å². The molecule has 0 atom stereocenters. The fraction of sp³-hybridized carbons (Fsp3) is 0.385. The Morgan fingerprint density at radius 1 is 1.45 bits per heavy atom. The van der Waals surface area contributed by atoms with E-state index in [1.807, 2.05) is 6.07 Å². The molecule has 0 bridgehead atoms. The smallest absolute Gasteiger partial charge is 0.239 e. The highest BCUT2D eigenvalue weighted by Crippen LogP contribution is 2.19. The van der Waals surface area contributed by atoms with E-state index in [1.165, 1.54) is 0 Å². The second-order valence-corrected chi connectivity index (χ2v) is 6.98. The molecule has 0 radical (unpaired) electrons. The minimum absolute atomic E-state index is 0.159. The zero-order chi connectivity index (χ0) is 15.2. The number of anilines is 1. The van der Waals surface area contributed by atoms with Crippen LogP contribution in [0.2, 0.25) is 5.02 Å². The Balaban J connectivity index is 2.61. The van der Waals surface area contributed by atoms with Gasteiger partial charge in [-0.15, -0.1) is 0 Å². The van der Waals surface area contributed by atoms with Gasteiger partial charge in [0.25, 0.3) is 0 Å². The highest BCUT2D eigenvalue weighted by molar-refractivity contribution is 7.92. The number of nitrogens with zero attached hydrogens (tertiary/aromatic N) is 1. The number of benzene rings is 1. The number of rotatable bonds is 6. The lowest BCUT2D eigenvalue weighted by Crippen LogP contribution is -2.25. The van der Waals surface area contributed by atoms with Crippen molar-refractivity contribution in [3.63, 3.8) is 0 Å². The van der Waals surface area contributed by atoms with Gasteiger partial charge in [0, 0.05) is 17.1 Å². The first-order valence-electron chi connectivity index (χ1n) is 5.97. The van der Waals surface area contributed by atoms with Gasteiger partial charge in [-0.25, -0.2) is 8.42 Å². The van der Waals surface area contributed by atoms with Crippen LogP contribution in [-0.4, -0.2) is 25.8 Å². The summed E-state index contributed by atoms with van der Waals surface area (Å²) >= 11 is 5.80. The van der Waals surface area contributed by atoms with Gasteiger partial charge in [0.05, 0.1) is 11.8 Å². The van der Waals surface area contributed by atoms with Gasteiger partial charge in [0.15, 0.2) is 9.84 Å². The van der Waals surface area contributed by atoms with Crippen molar-refractivity contribution in [2.75, 3.05) is 16.8 Å². The molecule has 1 aromatic rings. The molecule has 7 heteroatoms. The summed E-state index contributed by atoms with van der Waals surface area (Å²) in [6.45, 7) is 1.77. The molecular formula is C13H15ClN2O3S. The van der Waals surface area contributed by atoms with Gasteiger partial charge in [0.2, 0.25) is 5.91 Å². The molecule has 1 N–H and O–H groups in total. The fourth-order valence-electron chi connectivity index (χ4n) is 1.60. The summed E-state index contributed by atoms with van der Waals surface area (Å²) in [6, 6.07) is 6.79. The molecule has 1 rings (SSSR count). The summed E-state index contributed by atoms with van der Waals surface area (Å²) in [5, 5.41) is 11.4. The number of nitrogens with one attached hydrogen (secondary N) is 1. The van der Waals surface area contributed by atoms with E-state index in [4.69, 9.17) is 16.9 Å². The average Bonchev–Trinajstić information content (AvgIpc) is 2.32. The van der Waals surface area contributed by atoms with Gasteiger partial charge in [-0.3, -0.25) is 4.79 Å². The molecule has 20 heavy (non-hydrogen) atoms. The Labute approximate surface area is 123 Å². The molecule has 0 saturated heterocycles. The van der Waals surface area contributed by atoms with Gasteiger partial charge < -0.3 is 5.32 Å². The van der Waals surface area contributed by atoms with E-state index in [0.29, 0.717) is 10.7 Å². The number of carbonyl (C=O) groups excluding carboxylic acids is 1. The largest absolute Gasteiger partial charge is 0.325 e. The van der Waals surface area contributed by atoms with Crippen LogP contribution >= 0.6 is 11.6 Å². The van der Waals surface area contributed by atoms with Crippen LogP contribution in [0.25, 0.3) is 0 Å². The minimum Gasteiger partial charge on any atom is -0.325 e. The molecule has 0 aliphatic heterocycles. The molecule has 0 heterocycles. The molecule has 1 aromatic carbocycles. The summed E-state index contributed by atoms with van der Waals surface area (Å²) in [5.41, 5.74) is 1.29. The quantitative estimate of drug-likeness (QED) is 0.816. The monoisotopic (exact) mass is 314 g/mol. The van der Waals surface area contributed by atoms with E-state index < -0.39 is 21.5 Å². The molecule has 108 valence electrons. The predicted molar refractivity (Wildman–Crippen MR) is 78.3 cm³/mol. The van der Waals surface area contributed by atoms with Crippen molar-refractivity contribution < 1.29 is 13.2 Å². The van der Waals surface area contributed by atoms with Crippen LogP contribution in [0.1, 0.15) is 18.4 Å². The number of nitriles is 1. The first-order valence-corrected chi connectivity index (χ1v) is 8.17. The first-order chi connectivity index (χ1) is 9.34. The third-order valence-electron chi connectivity index (χ3n) is 2.56. The maximum Gasteiger partial charge on any atom is 0.239 e. The van der Waals surface area contributed by atoms with Crippen LogP contribution in [-0.2, 0) is 14.6 Å². The molecule has 0 aromatic heterocycles. The molecule has 0 fully saturated rings. The number of hydrogen-bond donors (Lipinski definition) is 1. The van der Waals surface area contributed by atoms with Gasteiger partial charge in [-0.1, -0.05) is 11.6 Å². The Hall–Kier alpha value is -1.58. The Morgan fingerprint density at radius 3 is 2.75 bits per heavy atom. The maximum atomic E-state index is 11.7. The molecule has 0 spiro atoms. The highest BCUT2D eigenvalue weighted by atomic mass is 35.5. The SMILES string of the molecule is Cc1cc(Cl)ccc1NC(=O)CS(=O)(=O)CCCC#N. The molecule has 0 unspecified atom stereocenters. The lowest BCUT2D eigenvalue weighted by molar-refractivity contribution is -0.113. The van der Waals surface area contributed by atoms with E-state index in [-0.39, 0.29) is 18.6 Å². The number of amides is 1. The minimum atomic E-state index is -3.48. The van der Waals surface area contributed by atoms with E-state index in [9.17, 15) is 13.2 Å². The normalized spacial score (nSPS) is 10.8. The van der Waals surface area contributed by atoms with Crippen LogP contribution in [0, 0.1) is 18.3 Å². The summed E-state index contributed by atoms with van der Waals surface area (Å²) in [7, 11) is -3.48. The van der Waals surface area contributed by atoms with Crippen molar-refractivity contribution >= 4 is 33.0 Å². The van der Waals surface area contributed by atoms with E-state index in [1.54, 1.807) is 25.1 Å². The Morgan fingerprint density at radius 2 is 2.15 bits per heavy atom. The average molecular weight is 315 g/mol. The number of aryl methyl sites for hydroxylation is 1. The van der Waals surface area contributed by atoms with Gasteiger partial charge in [-0.05, 0) is 37.1 Å². The summed E-state index contributed by atoms with van der Waals surface area (Å²) in [6.07, 6.45) is 0.406.